The summed E-state index contributed by atoms with van der Waals surface area (Å²) in [4.78, 5) is 11.0. The maximum atomic E-state index is 11.4. The minimum absolute atomic E-state index is 0.104. The Hall–Kier alpha value is -1.17. The molecule has 0 aliphatic carbocycles. The summed E-state index contributed by atoms with van der Waals surface area (Å²) in [7, 11) is -2.87. The van der Waals surface area contributed by atoms with Gasteiger partial charge in [-0.05, 0) is 19.3 Å². The molecule has 0 amide bonds. The highest BCUT2D eigenvalue weighted by Gasteiger charge is 2.28. The zero-order chi connectivity index (χ0) is 13.2. The standard InChI is InChI=1S/C12H18N2O3S/c1-2-5-14-8-11(9-15)12(13-14)10-3-6-18(16,17)7-4-10/h8-10H,2-7H2,1H3. The first-order valence-electron chi connectivity index (χ1n) is 6.28. The average molecular weight is 270 g/mol. The zero-order valence-corrected chi connectivity index (χ0v) is 11.3. The Balaban J connectivity index is 2.20. The SMILES string of the molecule is CCCn1cc(C=O)c(C2CCS(=O)(=O)CC2)n1. The van der Waals surface area contributed by atoms with Crippen molar-refractivity contribution >= 4 is 16.1 Å². The molecule has 1 aliphatic heterocycles. The highest BCUT2D eigenvalue weighted by molar-refractivity contribution is 7.91. The Labute approximate surface area is 107 Å². The van der Waals surface area contributed by atoms with Crippen LogP contribution >= 0.6 is 0 Å². The molecule has 100 valence electrons. The van der Waals surface area contributed by atoms with E-state index in [9.17, 15) is 13.2 Å². The van der Waals surface area contributed by atoms with Gasteiger partial charge in [0.2, 0.25) is 0 Å². The van der Waals surface area contributed by atoms with Crippen LogP contribution in [0.4, 0.5) is 0 Å². The molecule has 1 aromatic heterocycles. The highest BCUT2D eigenvalue weighted by atomic mass is 32.2. The van der Waals surface area contributed by atoms with E-state index in [1.807, 2.05) is 0 Å². The van der Waals surface area contributed by atoms with E-state index in [4.69, 9.17) is 0 Å². The second-order valence-corrected chi connectivity index (χ2v) is 7.08. The number of sulfone groups is 1. The molecule has 1 fully saturated rings. The summed E-state index contributed by atoms with van der Waals surface area (Å²) in [5.41, 5.74) is 1.38. The first kappa shape index (κ1) is 13.3. The van der Waals surface area contributed by atoms with Crippen LogP contribution < -0.4 is 0 Å². The number of hydrogen-bond donors (Lipinski definition) is 0. The van der Waals surface area contributed by atoms with E-state index < -0.39 is 9.84 Å². The van der Waals surface area contributed by atoms with Gasteiger partial charge in [0.05, 0.1) is 22.8 Å². The zero-order valence-electron chi connectivity index (χ0n) is 10.5. The summed E-state index contributed by atoms with van der Waals surface area (Å²) in [5.74, 6) is 0.513. The summed E-state index contributed by atoms with van der Waals surface area (Å²) in [6.07, 6.45) is 4.68. The van der Waals surface area contributed by atoms with Crippen molar-refractivity contribution < 1.29 is 13.2 Å². The largest absolute Gasteiger partial charge is 0.298 e. The molecular formula is C12H18N2O3S. The third-order valence-electron chi connectivity index (χ3n) is 3.34. The first-order valence-corrected chi connectivity index (χ1v) is 8.11. The van der Waals surface area contributed by atoms with E-state index in [0.717, 1.165) is 24.9 Å². The van der Waals surface area contributed by atoms with Crippen molar-refractivity contribution in [3.05, 3.63) is 17.5 Å². The van der Waals surface area contributed by atoms with Crippen LogP contribution in [0.5, 0.6) is 0 Å². The first-order chi connectivity index (χ1) is 8.55. The summed E-state index contributed by atoms with van der Waals surface area (Å²) in [5, 5.41) is 4.43. The molecule has 1 saturated heterocycles. The molecule has 2 rings (SSSR count). The van der Waals surface area contributed by atoms with Crippen molar-refractivity contribution in [2.75, 3.05) is 11.5 Å². The van der Waals surface area contributed by atoms with Crippen LogP contribution in [0, 0.1) is 0 Å². The molecule has 0 unspecified atom stereocenters. The lowest BCUT2D eigenvalue weighted by molar-refractivity contribution is 0.112. The number of rotatable bonds is 4. The third kappa shape index (κ3) is 2.80. The number of carbonyl (C=O) groups is 1. The number of aromatic nitrogens is 2. The Bertz CT molecular complexity index is 520. The van der Waals surface area contributed by atoms with Crippen molar-refractivity contribution in [2.45, 2.75) is 38.6 Å². The van der Waals surface area contributed by atoms with Gasteiger partial charge in [-0.15, -0.1) is 0 Å². The maximum Gasteiger partial charge on any atom is 0.153 e. The van der Waals surface area contributed by atoms with Gasteiger partial charge in [0.1, 0.15) is 9.84 Å². The number of nitrogens with zero attached hydrogens (tertiary/aromatic N) is 2. The minimum atomic E-state index is -2.87. The second-order valence-electron chi connectivity index (χ2n) is 4.78. The Morgan fingerprint density at radius 1 is 1.44 bits per heavy atom. The van der Waals surface area contributed by atoms with Crippen molar-refractivity contribution in [2.24, 2.45) is 0 Å². The molecule has 6 heteroatoms. The topological polar surface area (TPSA) is 69.0 Å². The molecule has 0 saturated carbocycles. The lowest BCUT2D eigenvalue weighted by Crippen LogP contribution is -2.23. The number of hydrogen-bond acceptors (Lipinski definition) is 4. The van der Waals surface area contributed by atoms with E-state index in [1.54, 1.807) is 10.9 Å². The number of aryl methyl sites for hydroxylation is 1. The third-order valence-corrected chi connectivity index (χ3v) is 5.06. The van der Waals surface area contributed by atoms with Gasteiger partial charge in [0.15, 0.2) is 6.29 Å². The summed E-state index contributed by atoms with van der Waals surface area (Å²) >= 11 is 0. The average Bonchev–Trinajstić information content (AvgIpc) is 2.73. The molecule has 0 N–H and O–H groups in total. The molecule has 0 atom stereocenters. The van der Waals surface area contributed by atoms with Gasteiger partial charge in [0, 0.05) is 18.7 Å². The molecule has 0 radical (unpaired) electrons. The van der Waals surface area contributed by atoms with E-state index in [1.165, 1.54) is 0 Å². The van der Waals surface area contributed by atoms with Gasteiger partial charge in [-0.2, -0.15) is 5.10 Å². The summed E-state index contributed by atoms with van der Waals surface area (Å²) in [6.45, 7) is 2.83. The molecule has 18 heavy (non-hydrogen) atoms. The van der Waals surface area contributed by atoms with Crippen LogP contribution in [0.1, 0.15) is 48.2 Å². The highest BCUT2D eigenvalue weighted by Crippen LogP contribution is 2.29. The van der Waals surface area contributed by atoms with Gasteiger partial charge in [0.25, 0.3) is 0 Å². The quantitative estimate of drug-likeness (QED) is 0.775. The van der Waals surface area contributed by atoms with Crippen LogP contribution in [0.3, 0.4) is 0 Å². The smallest absolute Gasteiger partial charge is 0.153 e. The lowest BCUT2D eigenvalue weighted by atomic mass is 9.96. The van der Waals surface area contributed by atoms with Crippen LogP contribution in [-0.2, 0) is 16.4 Å². The van der Waals surface area contributed by atoms with Gasteiger partial charge < -0.3 is 0 Å². The number of aldehydes is 1. The normalized spacial score (nSPS) is 19.8. The molecule has 1 aromatic rings. The van der Waals surface area contributed by atoms with Gasteiger partial charge in [-0.1, -0.05) is 6.92 Å². The Kier molecular flexibility index (Phi) is 3.85. The molecule has 2 heterocycles. The summed E-state index contributed by atoms with van der Waals surface area (Å²) < 4.78 is 24.6. The molecule has 0 aromatic carbocycles. The van der Waals surface area contributed by atoms with Crippen molar-refractivity contribution in [3.8, 4) is 0 Å². The van der Waals surface area contributed by atoms with Crippen molar-refractivity contribution in [1.82, 2.24) is 9.78 Å². The number of carbonyl (C=O) groups excluding carboxylic acids is 1. The van der Waals surface area contributed by atoms with Crippen LogP contribution in [0.15, 0.2) is 6.20 Å². The van der Waals surface area contributed by atoms with Gasteiger partial charge >= 0.3 is 0 Å². The van der Waals surface area contributed by atoms with E-state index in [2.05, 4.69) is 12.0 Å². The Morgan fingerprint density at radius 2 is 2.11 bits per heavy atom. The van der Waals surface area contributed by atoms with Crippen LogP contribution in [0.25, 0.3) is 0 Å². The molecule has 0 spiro atoms. The fourth-order valence-corrected chi connectivity index (χ4v) is 3.86. The van der Waals surface area contributed by atoms with E-state index in [-0.39, 0.29) is 17.4 Å². The van der Waals surface area contributed by atoms with E-state index in [0.29, 0.717) is 18.4 Å². The maximum absolute atomic E-state index is 11.4. The lowest BCUT2D eigenvalue weighted by Gasteiger charge is -2.20. The predicted octanol–water partition coefficient (Wildman–Crippen LogP) is 1.40. The molecule has 0 bridgehead atoms. The Morgan fingerprint density at radius 3 is 2.67 bits per heavy atom. The van der Waals surface area contributed by atoms with Crippen molar-refractivity contribution in [3.63, 3.8) is 0 Å². The fraction of sp³-hybridized carbons (Fsp3) is 0.667. The summed E-state index contributed by atoms with van der Waals surface area (Å²) in [6, 6.07) is 0. The monoisotopic (exact) mass is 270 g/mol. The molecular weight excluding hydrogens is 252 g/mol. The molecule has 5 nitrogen and oxygen atoms in total. The molecule has 1 aliphatic rings. The van der Waals surface area contributed by atoms with Gasteiger partial charge in [-0.25, -0.2) is 8.42 Å². The van der Waals surface area contributed by atoms with Crippen LogP contribution in [0.2, 0.25) is 0 Å². The second kappa shape index (κ2) is 5.22. The fourth-order valence-electron chi connectivity index (χ4n) is 2.37. The van der Waals surface area contributed by atoms with Crippen LogP contribution in [-0.4, -0.2) is 36.0 Å². The van der Waals surface area contributed by atoms with Crippen molar-refractivity contribution in [1.29, 1.82) is 0 Å². The van der Waals surface area contributed by atoms with E-state index >= 15 is 0 Å². The van der Waals surface area contributed by atoms with Gasteiger partial charge in [-0.3, -0.25) is 9.48 Å². The predicted molar refractivity (Wildman–Crippen MR) is 68.5 cm³/mol. The minimum Gasteiger partial charge on any atom is -0.298 e.